The molecule has 0 spiro atoms. The van der Waals surface area contributed by atoms with Crippen LogP contribution >= 0.6 is 0 Å². The zero-order chi connectivity index (χ0) is 15.8. The standard InChI is InChI=1S/C17H21NO4/c1-20-15-7-3-5-13(17(15)21-2)8-9-16(19)18-11-10-14-6-4-12-22-14/h3-7,12H,8-11H2,1-2H3,(H,18,19). The van der Waals surface area contributed by atoms with Gasteiger partial charge < -0.3 is 19.2 Å². The van der Waals surface area contributed by atoms with Gasteiger partial charge in [-0.3, -0.25) is 4.79 Å². The molecule has 5 nitrogen and oxygen atoms in total. The quantitative estimate of drug-likeness (QED) is 0.814. The van der Waals surface area contributed by atoms with Crippen molar-refractivity contribution in [3.8, 4) is 11.5 Å². The number of hydrogen-bond donors (Lipinski definition) is 1. The molecule has 0 atom stereocenters. The number of carbonyl (C=O) groups excluding carboxylic acids is 1. The molecule has 1 aromatic carbocycles. The van der Waals surface area contributed by atoms with Crippen LogP contribution in [0, 0.1) is 0 Å². The van der Waals surface area contributed by atoms with Gasteiger partial charge in [-0.05, 0) is 30.2 Å². The lowest BCUT2D eigenvalue weighted by molar-refractivity contribution is -0.121. The van der Waals surface area contributed by atoms with Gasteiger partial charge in [0, 0.05) is 19.4 Å². The summed E-state index contributed by atoms with van der Waals surface area (Å²) >= 11 is 0. The van der Waals surface area contributed by atoms with Crippen molar-refractivity contribution in [3.05, 3.63) is 47.9 Å². The third-order valence-electron chi connectivity index (χ3n) is 3.38. The van der Waals surface area contributed by atoms with Crippen molar-refractivity contribution in [2.24, 2.45) is 0 Å². The average molecular weight is 303 g/mol. The minimum Gasteiger partial charge on any atom is -0.493 e. The van der Waals surface area contributed by atoms with Crippen molar-refractivity contribution in [1.82, 2.24) is 5.32 Å². The van der Waals surface area contributed by atoms with Gasteiger partial charge in [-0.1, -0.05) is 12.1 Å². The van der Waals surface area contributed by atoms with Crippen LogP contribution in [0.5, 0.6) is 11.5 Å². The van der Waals surface area contributed by atoms with Gasteiger partial charge in [-0.2, -0.15) is 0 Å². The number of ether oxygens (including phenoxy) is 2. The maximum atomic E-state index is 11.9. The SMILES string of the molecule is COc1cccc(CCC(=O)NCCc2ccco2)c1OC. The van der Waals surface area contributed by atoms with E-state index in [-0.39, 0.29) is 5.91 Å². The molecule has 0 bridgehead atoms. The first kappa shape index (κ1) is 15.9. The summed E-state index contributed by atoms with van der Waals surface area (Å²) < 4.78 is 15.8. The summed E-state index contributed by atoms with van der Waals surface area (Å²) in [5.41, 5.74) is 0.961. The minimum atomic E-state index is 0.0106. The molecule has 1 N–H and O–H groups in total. The first-order chi connectivity index (χ1) is 10.7. The summed E-state index contributed by atoms with van der Waals surface area (Å²) in [6.07, 6.45) is 3.34. The number of nitrogens with one attached hydrogen (secondary N) is 1. The topological polar surface area (TPSA) is 60.7 Å². The van der Waals surface area contributed by atoms with E-state index in [2.05, 4.69) is 5.32 Å². The fourth-order valence-electron chi connectivity index (χ4n) is 2.27. The highest BCUT2D eigenvalue weighted by molar-refractivity contribution is 5.76. The number of rotatable bonds is 8. The van der Waals surface area contributed by atoms with Crippen molar-refractivity contribution in [3.63, 3.8) is 0 Å². The van der Waals surface area contributed by atoms with Gasteiger partial charge in [0.25, 0.3) is 0 Å². The van der Waals surface area contributed by atoms with Crippen LogP contribution in [-0.4, -0.2) is 26.7 Å². The molecule has 2 rings (SSSR count). The number of benzene rings is 1. The predicted molar refractivity (Wildman–Crippen MR) is 83.3 cm³/mol. The second-order valence-electron chi connectivity index (χ2n) is 4.83. The number of carbonyl (C=O) groups is 1. The molecule has 0 saturated carbocycles. The largest absolute Gasteiger partial charge is 0.493 e. The molecular weight excluding hydrogens is 282 g/mol. The highest BCUT2D eigenvalue weighted by atomic mass is 16.5. The van der Waals surface area contributed by atoms with Crippen LogP contribution in [0.4, 0.5) is 0 Å². The Balaban J connectivity index is 1.81. The van der Waals surface area contributed by atoms with E-state index in [1.165, 1.54) is 0 Å². The molecule has 1 amide bonds. The minimum absolute atomic E-state index is 0.0106. The van der Waals surface area contributed by atoms with E-state index in [9.17, 15) is 4.79 Å². The molecule has 1 heterocycles. The smallest absolute Gasteiger partial charge is 0.220 e. The maximum absolute atomic E-state index is 11.9. The summed E-state index contributed by atoms with van der Waals surface area (Å²) in [4.78, 5) is 11.9. The highest BCUT2D eigenvalue weighted by Gasteiger charge is 2.11. The molecule has 5 heteroatoms. The van der Waals surface area contributed by atoms with Crippen LogP contribution in [0.1, 0.15) is 17.7 Å². The zero-order valence-electron chi connectivity index (χ0n) is 12.9. The highest BCUT2D eigenvalue weighted by Crippen LogP contribution is 2.31. The summed E-state index contributed by atoms with van der Waals surface area (Å²) in [7, 11) is 3.20. The van der Waals surface area contributed by atoms with Gasteiger partial charge in [0.2, 0.25) is 5.91 Å². The van der Waals surface area contributed by atoms with E-state index in [0.717, 1.165) is 11.3 Å². The summed E-state index contributed by atoms with van der Waals surface area (Å²) in [6.45, 7) is 0.571. The van der Waals surface area contributed by atoms with Gasteiger partial charge in [0.1, 0.15) is 5.76 Å². The Morgan fingerprint density at radius 1 is 1.14 bits per heavy atom. The van der Waals surface area contributed by atoms with E-state index in [1.54, 1.807) is 20.5 Å². The number of para-hydroxylation sites is 1. The Hall–Kier alpha value is -2.43. The molecule has 0 aliphatic heterocycles. The summed E-state index contributed by atoms with van der Waals surface area (Å²) in [5, 5.41) is 2.89. The Morgan fingerprint density at radius 3 is 2.68 bits per heavy atom. The number of hydrogen-bond acceptors (Lipinski definition) is 4. The van der Waals surface area contributed by atoms with Crippen LogP contribution < -0.4 is 14.8 Å². The Labute approximate surface area is 130 Å². The molecule has 0 aliphatic carbocycles. The molecule has 1 aromatic heterocycles. The van der Waals surface area contributed by atoms with Crippen molar-refractivity contribution in [1.29, 1.82) is 0 Å². The lowest BCUT2D eigenvalue weighted by Gasteiger charge is -2.12. The Kier molecular flexibility index (Phi) is 5.89. The second-order valence-corrected chi connectivity index (χ2v) is 4.83. The van der Waals surface area contributed by atoms with Crippen molar-refractivity contribution < 1.29 is 18.7 Å². The molecule has 22 heavy (non-hydrogen) atoms. The second kappa shape index (κ2) is 8.12. The van der Waals surface area contributed by atoms with Gasteiger partial charge in [0.15, 0.2) is 11.5 Å². The van der Waals surface area contributed by atoms with E-state index >= 15 is 0 Å². The monoisotopic (exact) mass is 303 g/mol. The van der Waals surface area contributed by atoms with Gasteiger partial charge >= 0.3 is 0 Å². The molecular formula is C17H21NO4. The zero-order valence-corrected chi connectivity index (χ0v) is 12.9. The summed E-state index contributed by atoms with van der Waals surface area (Å²) in [6, 6.07) is 9.41. The van der Waals surface area contributed by atoms with Crippen LogP contribution in [0.2, 0.25) is 0 Å². The fraction of sp³-hybridized carbons (Fsp3) is 0.353. The van der Waals surface area contributed by atoms with Crippen LogP contribution in [-0.2, 0) is 17.6 Å². The van der Waals surface area contributed by atoms with Crippen LogP contribution in [0.3, 0.4) is 0 Å². The molecule has 0 radical (unpaired) electrons. The van der Waals surface area contributed by atoms with Crippen molar-refractivity contribution >= 4 is 5.91 Å². The van der Waals surface area contributed by atoms with Gasteiger partial charge in [-0.15, -0.1) is 0 Å². The average Bonchev–Trinajstić information content (AvgIpc) is 3.05. The van der Waals surface area contributed by atoms with Crippen LogP contribution in [0.25, 0.3) is 0 Å². The predicted octanol–water partition coefficient (Wildman–Crippen LogP) is 2.59. The first-order valence-corrected chi connectivity index (χ1v) is 7.23. The van der Waals surface area contributed by atoms with Crippen molar-refractivity contribution in [2.75, 3.05) is 20.8 Å². The van der Waals surface area contributed by atoms with Crippen molar-refractivity contribution in [2.45, 2.75) is 19.3 Å². The van der Waals surface area contributed by atoms with E-state index in [1.807, 2.05) is 30.3 Å². The number of methoxy groups -OCH3 is 2. The third kappa shape index (κ3) is 4.28. The third-order valence-corrected chi connectivity index (χ3v) is 3.38. The van der Waals surface area contributed by atoms with E-state index in [4.69, 9.17) is 13.9 Å². The normalized spacial score (nSPS) is 10.3. The molecule has 118 valence electrons. The molecule has 0 saturated heterocycles. The number of amides is 1. The lowest BCUT2D eigenvalue weighted by atomic mass is 10.1. The van der Waals surface area contributed by atoms with E-state index in [0.29, 0.717) is 37.3 Å². The lowest BCUT2D eigenvalue weighted by Crippen LogP contribution is -2.25. The maximum Gasteiger partial charge on any atom is 0.220 e. The number of aryl methyl sites for hydroxylation is 1. The molecule has 0 aliphatic rings. The molecule has 0 unspecified atom stereocenters. The first-order valence-electron chi connectivity index (χ1n) is 7.23. The summed E-state index contributed by atoms with van der Waals surface area (Å²) in [5.74, 6) is 2.25. The molecule has 2 aromatic rings. The Bertz CT molecular complexity index is 593. The Morgan fingerprint density at radius 2 is 2.00 bits per heavy atom. The molecule has 0 fully saturated rings. The van der Waals surface area contributed by atoms with Gasteiger partial charge in [-0.25, -0.2) is 0 Å². The fourth-order valence-corrected chi connectivity index (χ4v) is 2.27. The number of furan rings is 1. The van der Waals surface area contributed by atoms with E-state index < -0.39 is 0 Å². The van der Waals surface area contributed by atoms with Gasteiger partial charge in [0.05, 0.1) is 20.5 Å². The van der Waals surface area contributed by atoms with Crippen LogP contribution in [0.15, 0.2) is 41.0 Å².